The quantitative estimate of drug-likeness (QED) is 0.444. The second-order valence-corrected chi connectivity index (χ2v) is 8.49. The van der Waals surface area contributed by atoms with Crippen molar-refractivity contribution < 1.29 is 14.0 Å². The summed E-state index contributed by atoms with van der Waals surface area (Å²) in [6.45, 7) is 0.591. The molecule has 4 aromatic rings. The molecular weight excluding hydrogens is 447 g/mol. The summed E-state index contributed by atoms with van der Waals surface area (Å²) in [5.41, 5.74) is 3.70. The van der Waals surface area contributed by atoms with E-state index in [1.165, 1.54) is 23.1 Å². The van der Waals surface area contributed by atoms with Gasteiger partial charge in [0.05, 0.1) is 29.5 Å². The number of halogens is 1. The van der Waals surface area contributed by atoms with E-state index in [0.717, 1.165) is 16.8 Å². The second-order valence-electron chi connectivity index (χ2n) is 8.49. The van der Waals surface area contributed by atoms with Gasteiger partial charge in [-0.3, -0.25) is 9.59 Å². The number of benzene rings is 3. The molecule has 1 amide bonds. The summed E-state index contributed by atoms with van der Waals surface area (Å²) in [6.07, 6.45) is 1.79. The van der Waals surface area contributed by atoms with Crippen molar-refractivity contribution in [2.75, 3.05) is 16.8 Å². The fraction of sp³-hybridized carbons (Fsp3) is 0.192. The van der Waals surface area contributed by atoms with Crippen LogP contribution in [0, 0.1) is 11.7 Å². The Hall–Kier alpha value is -4.40. The number of hydrogen-bond donors (Lipinski definition) is 1. The lowest BCUT2D eigenvalue weighted by Gasteiger charge is -2.25. The Morgan fingerprint density at radius 2 is 1.83 bits per heavy atom. The third kappa shape index (κ3) is 5.08. The first-order valence-corrected chi connectivity index (χ1v) is 11.3. The van der Waals surface area contributed by atoms with Crippen LogP contribution in [0.3, 0.4) is 0 Å². The minimum atomic E-state index is -0.567. The number of carbonyl (C=O) groups is 2. The van der Waals surface area contributed by atoms with Crippen molar-refractivity contribution in [1.82, 2.24) is 20.2 Å². The van der Waals surface area contributed by atoms with Gasteiger partial charge in [-0.05, 0) is 51.9 Å². The smallest absolute Gasteiger partial charge is 0.232 e. The molecule has 0 saturated carbocycles. The van der Waals surface area contributed by atoms with Gasteiger partial charge in [0.25, 0.3) is 0 Å². The molecule has 35 heavy (non-hydrogen) atoms. The van der Waals surface area contributed by atoms with Gasteiger partial charge in [-0.25, -0.2) is 9.07 Å². The first-order valence-electron chi connectivity index (χ1n) is 11.3. The minimum absolute atomic E-state index is 0.0443. The predicted octanol–water partition coefficient (Wildman–Crippen LogP) is 3.58. The number of ketones is 1. The van der Waals surface area contributed by atoms with E-state index in [4.69, 9.17) is 0 Å². The van der Waals surface area contributed by atoms with Gasteiger partial charge >= 0.3 is 0 Å². The molecule has 1 aromatic heterocycles. The van der Waals surface area contributed by atoms with Gasteiger partial charge in [-0.2, -0.15) is 0 Å². The van der Waals surface area contributed by atoms with Crippen molar-refractivity contribution in [1.29, 1.82) is 0 Å². The van der Waals surface area contributed by atoms with Crippen LogP contribution in [-0.4, -0.2) is 38.4 Å². The molecule has 1 aliphatic rings. The molecule has 176 valence electrons. The van der Waals surface area contributed by atoms with Crippen LogP contribution in [0.15, 0.2) is 79.1 Å². The van der Waals surface area contributed by atoms with Crippen molar-refractivity contribution in [3.8, 4) is 5.69 Å². The molecule has 0 bridgehead atoms. The Balaban J connectivity index is 1.32. The van der Waals surface area contributed by atoms with Gasteiger partial charge in [-0.1, -0.05) is 42.5 Å². The summed E-state index contributed by atoms with van der Waals surface area (Å²) < 4.78 is 15.6. The van der Waals surface area contributed by atoms with E-state index >= 15 is 0 Å². The highest BCUT2D eigenvalue weighted by atomic mass is 19.1. The third-order valence-corrected chi connectivity index (χ3v) is 6.01. The van der Waals surface area contributed by atoms with Crippen LogP contribution < -0.4 is 10.2 Å². The Labute approximate surface area is 201 Å². The largest absolute Gasteiger partial charge is 0.383 e. The summed E-state index contributed by atoms with van der Waals surface area (Å²) in [4.78, 5) is 28.1. The minimum Gasteiger partial charge on any atom is -0.383 e. The topological polar surface area (TPSA) is 93.0 Å². The fourth-order valence-corrected chi connectivity index (χ4v) is 4.25. The van der Waals surface area contributed by atoms with Crippen LogP contribution in [0.25, 0.3) is 5.69 Å². The van der Waals surface area contributed by atoms with E-state index < -0.39 is 11.7 Å². The lowest BCUT2D eigenvalue weighted by Crippen LogP contribution is -2.37. The number of nitrogens with one attached hydrogen (secondary N) is 1. The van der Waals surface area contributed by atoms with Gasteiger partial charge in [0.15, 0.2) is 0 Å². The highest BCUT2D eigenvalue weighted by Gasteiger charge is 2.32. The summed E-state index contributed by atoms with van der Waals surface area (Å²) in [5.74, 6) is -1.23. The second kappa shape index (κ2) is 9.84. The summed E-state index contributed by atoms with van der Waals surface area (Å²) in [6, 6.07) is 21.3. The maximum atomic E-state index is 14.1. The van der Waals surface area contributed by atoms with Gasteiger partial charge in [0.2, 0.25) is 5.91 Å². The number of fused-ring (bicyclic) bond motifs is 1. The number of rotatable bonds is 7. The number of aromatic nitrogens is 4. The third-order valence-electron chi connectivity index (χ3n) is 6.01. The Morgan fingerprint density at radius 3 is 2.57 bits per heavy atom. The zero-order valence-corrected chi connectivity index (χ0v) is 18.8. The zero-order chi connectivity index (χ0) is 24.2. The van der Waals surface area contributed by atoms with E-state index in [1.807, 2.05) is 54.6 Å². The van der Waals surface area contributed by atoms with Crippen molar-refractivity contribution in [3.05, 3.63) is 96.1 Å². The van der Waals surface area contributed by atoms with Crippen LogP contribution in [0.5, 0.6) is 0 Å². The van der Waals surface area contributed by atoms with E-state index in [0.29, 0.717) is 24.5 Å². The van der Waals surface area contributed by atoms with Gasteiger partial charge in [0.1, 0.15) is 17.9 Å². The van der Waals surface area contributed by atoms with E-state index in [1.54, 1.807) is 11.0 Å². The van der Waals surface area contributed by atoms with Crippen molar-refractivity contribution in [2.24, 2.45) is 5.92 Å². The molecule has 1 aliphatic heterocycles. The highest BCUT2D eigenvalue weighted by Crippen LogP contribution is 2.33. The van der Waals surface area contributed by atoms with Gasteiger partial charge in [0, 0.05) is 19.4 Å². The monoisotopic (exact) mass is 470 g/mol. The molecule has 0 saturated heterocycles. The molecule has 3 aromatic carbocycles. The van der Waals surface area contributed by atoms with Crippen LogP contribution in [0.2, 0.25) is 0 Å². The molecule has 0 unspecified atom stereocenters. The van der Waals surface area contributed by atoms with E-state index in [9.17, 15) is 14.0 Å². The normalized spacial score (nSPS) is 15.3. The van der Waals surface area contributed by atoms with Crippen LogP contribution in [-0.2, 0) is 22.6 Å². The number of amides is 1. The number of hydrogen-bond acceptors (Lipinski definition) is 6. The number of Topliss-reactive ketones (excluding diaryl/α,β-unsaturated/α-hetero) is 1. The molecule has 8 nitrogen and oxygen atoms in total. The Kier molecular flexibility index (Phi) is 6.30. The number of carbonyl (C=O) groups excluding carboxylic acids is 2. The first-order chi connectivity index (χ1) is 17.1. The zero-order valence-electron chi connectivity index (χ0n) is 18.8. The lowest BCUT2D eigenvalue weighted by atomic mass is 9.96. The molecule has 5 rings (SSSR count). The number of tetrazole rings is 1. The average Bonchev–Trinajstić information content (AvgIpc) is 3.38. The van der Waals surface area contributed by atoms with E-state index in [-0.39, 0.29) is 24.5 Å². The van der Waals surface area contributed by atoms with Gasteiger partial charge < -0.3 is 10.2 Å². The summed E-state index contributed by atoms with van der Waals surface area (Å²) in [7, 11) is 0. The molecule has 9 heteroatoms. The Morgan fingerprint density at radius 1 is 1.03 bits per heavy atom. The standard InChI is InChI=1S/C26H23FN6O2/c27-21-8-11-24-25(14-21)32(16-19-4-2-1-3-5-19)26(35)20(15-28-24)13-23(34)12-18-6-9-22(10-7-18)33-17-29-30-31-33/h1-11,14,17,20,28H,12-13,15-16H2/t20-/m0/s1. The molecule has 0 fully saturated rings. The Bertz CT molecular complexity index is 1330. The fourth-order valence-electron chi connectivity index (χ4n) is 4.25. The molecule has 2 heterocycles. The average molecular weight is 471 g/mol. The van der Waals surface area contributed by atoms with Crippen molar-refractivity contribution in [2.45, 2.75) is 19.4 Å². The van der Waals surface area contributed by atoms with Crippen molar-refractivity contribution in [3.63, 3.8) is 0 Å². The molecule has 1 N–H and O–H groups in total. The summed E-state index contributed by atoms with van der Waals surface area (Å²) in [5, 5.41) is 14.3. The molecule has 0 aliphatic carbocycles. The maximum absolute atomic E-state index is 14.1. The van der Waals surface area contributed by atoms with Crippen LogP contribution >= 0.6 is 0 Å². The molecule has 0 radical (unpaired) electrons. The molecular formula is C26H23FN6O2. The van der Waals surface area contributed by atoms with Crippen molar-refractivity contribution >= 4 is 23.1 Å². The number of nitrogens with zero attached hydrogens (tertiary/aromatic N) is 5. The van der Waals surface area contributed by atoms with Crippen LogP contribution in [0.4, 0.5) is 15.8 Å². The number of anilines is 2. The predicted molar refractivity (Wildman–Crippen MR) is 128 cm³/mol. The molecule has 0 spiro atoms. The summed E-state index contributed by atoms with van der Waals surface area (Å²) >= 11 is 0. The molecule has 1 atom stereocenters. The highest BCUT2D eigenvalue weighted by molar-refractivity contribution is 6.01. The lowest BCUT2D eigenvalue weighted by molar-refractivity contribution is -0.127. The van der Waals surface area contributed by atoms with Gasteiger partial charge in [-0.15, -0.1) is 5.10 Å². The van der Waals surface area contributed by atoms with Crippen LogP contribution in [0.1, 0.15) is 17.5 Å². The SMILES string of the molecule is O=C(Cc1ccc(-n2cnnn2)cc1)C[C@H]1CNc2ccc(F)cc2N(Cc2ccccc2)C1=O. The maximum Gasteiger partial charge on any atom is 0.232 e. The van der Waals surface area contributed by atoms with E-state index in [2.05, 4.69) is 20.8 Å². The first kappa shape index (κ1) is 22.4.